The first kappa shape index (κ1) is 16.4. The average Bonchev–Trinajstić information content (AvgIpc) is 2.88. The van der Waals surface area contributed by atoms with Crippen molar-refractivity contribution < 1.29 is 9.26 Å². The third-order valence-electron chi connectivity index (χ3n) is 4.37. The number of hydrogen-bond acceptors (Lipinski definition) is 5. The van der Waals surface area contributed by atoms with Crippen molar-refractivity contribution in [2.45, 2.75) is 83.3 Å². The van der Waals surface area contributed by atoms with E-state index in [4.69, 9.17) is 15.0 Å². The van der Waals surface area contributed by atoms with Crippen molar-refractivity contribution in [1.29, 1.82) is 0 Å². The van der Waals surface area contributed by atoms with E-state index >= 15 is 0 Å². The lowest BCUT2D eigenvalue weighted by atomic mass is 9.95. The molecule has 0 aromatic carbocycles. The fourth-order valence-electron chi connectivity index (χ4n) is 2.48. The number of unbranched alkanes of at least 4 members (excludes halogenated alkanes) is 1. The zero-order chi connectivity index (χ0) is 15.3. The highest BCUT2D eigenvalue weighted by molar-refractivity contribution is 5.04. The van der Waals surface area contributed by atoms with Crippen LogP contribution in [0.2, 0.25) is 0 Å². The summed E-state index contributed by atoms with van der Waals surface area (Å²) in [7, 11) is 0. The van der Waals surface area contributed by atoms with Crippen LogP contribution in [0.1, 0.15) is 83.3 Å². The van der Waals surface area contributed by atoms with Crippen LogP contribution in [0.15, 0.2) is 4.52 Å². The number of nitrogens with zero attached hydrogens (tertiary/aromatic N) is 2. The second-order valence-electron chi connectivity index (χ2n) is 6.49. The summed E-state index contributed by atoms with van der Waals surface area (Å²) in [5.41, 5.74) is 5.63. The zero-order valence-electron chi connectivity index (χ0n) is 13.6. The Hall–Kier alpha value is -0.940. The first-order valence-corrected chi connectivity index (χ1v) is 8.31. The lowest BCUT2D eigenvalue weighted by Crippen LogP contribution is -2.41. The molecule has 1 aromatic heterocycles. The molecule has 0 radical (unpaired) electrons. The summed E-state index contributed by atoms with van der Waals surface area (Å²) in [5, 5.41) is 4.10. The summed E-state index contributed by atoms with van der Waals surface area (Å²) in [6.07, 6.45) is 8.38. The quantitative estimate of drug-likeness (QED) is 0.754. The molecule has 1 aromatic rings. The van der Waals surface area contributed by atoms with Gasteiger partial charge in [0.2, 0.25) is 5.89 Å². The Balaban J connectivity index is 1.95. The maximum Gasteiger partial charge on any atom is 0.229 e. The molecule has 1 aliphatic rings. The van der Waals surface area contributed by atoms with Crippen molar-refractivity contribution in [2.24, 2.45) is 5.73 Å². The molecule has 2 unspecified atom stereocenters. The van der Waals surface area contributed by atoms with Gasteiger partial charge in [-0.05, 0) is 39.0 Å². The van der Waals surface area contributed by atoms with Crippen LogP contribution in [0.3, 0.4) is 0 Å². The van der Waals surface area contributed by atoms with Crippen LogP contribution in [0.4, 0.5) is 0 Å². The van der Waals surface area contributed by atoms with Crippen LogP contribution < -0.4 is 5.73 Å². The number of ether oxygens (including phenoxy) is 1. The van der Waals surface area contributed by atoms with Crippen LogP contribution in [0, 0.1) is 0 Å². The third kappa shape index (κ3) is 4.27. The Kier molecular flexibility index (Phi) is 5.76. The molecule has 0 bridgehead atoms. The minimum absolute atomic E-state index is 0.342. The van der Waals surface area contributed by atoms with Crippen LogP contribution in [-0.4, -0.2) is 22.9 Å². The molecule has 1 heterocycles. The second kappa shape index (κ2) is 7.36. The molecule has 5 heteroatoms. The van der Waals surface area contributed by atoms with E-state index in [9.17, 15) is 0 Å². The van der Waals surface area contributed by atoms with Crippen molar-refractivity contribution in [3.63, 3.8) is 0 Å². The summed E-state index contributed by atoms with van der Waals surface area (Å²) < 4.78 is 11.3. The van der Waals surface area contributed by atoms with E-state index < -0.39 is 5.54 Å². The number of hydrogen-bond donors (Lipinski definition) is 1. The van der Waals surface area contributed by atoms with Crippen LogP contribution in [0.25, 0.3) is 0 Å². The smallest absolute Gasteiger partial charge is 0.229 e. The Morgan fingerprint density at radius 3 is 2.76 bits per heavy atom. The normalized spacial score (nSPS) is 20.0. The average molecular weight is 295 g/mol. The van der Waals surface area contributed by atoms with E-state index in [0.29, 0.717) is 24.5 Å². The SMILES string of the molecule is CCCCC(CC)c1nc(C(C)(N)COC2CCC2)no1. The Labute approximate surface area is 127 Å². The molecule has 1 aliphatic carbocycles. The summed E-state index contributed by atoms with van der Waals surface area (Å²) in [4.78, 5) is 4.55. The second-order valence-corrected chi connectivity index (χ2v) is 6.49. The molecule has 2 N–H and O–H groups in total. The van der Waals surface area contributed by atoms with Gasteiger partial charge in [0.05, 0.1) is 12.7 Å². The first-order valence-electron chi connectivity index (χ1n) is 8.31. The highest BCUT2D eigenvalue weighted by atomic mass is 16.5. The van der Waals surface area contributed by atoms with Gasteiger partial charge in [-0.1, -0.05) is 31.8 Å². The van der Waals surface area contributed by atoms with Gasteiger partial charge in [0.15, 0.2) is 5.82 Å². The van der Waals surface area contributed by atoms with E-state index in [1.165, 1.54) is 19.3 Å². The maximum atomic E-state index is 6.31. The number of aromatic nitrogens is 2. The molecule has 21 heavy (non-hydrogen) atoms. The Bertz CT molecular complexity index is 427. The van der Waals surface area contributed by atoms with Gasteiger partial charge in [0.25, 0.3) is 0 Å². The molecule has 0 saturated heterocycles. The minimum Gasteiger partial charge on any atom is -0.376 e. The number of nitrogens with two attached hydrogens (primary N) is 1. The van der Waals surface area contributed by atoms with Gasteiger partial charge in [-0.3, -0.25) is 0 Å². The lowest BCUT2D eigenvalue weighted by Gasteiger charge is -2.29. The Morgan fingerprint density at radius 2 is 2.19 bits per heavy atom. The predicted molar refractivity (Wildman–Crippen MR) is 82.0 cm³/mol. The topological polar surface area (TPSA) is 74.2 Å². The maximum absolute atomic E-state index is 6.31. The van der Waals surface area contributed by atoms with Crippen molar-refractivity contribution in [3.8, 4) is 0 Å². The zero-order valence-corrected chi connectivity index (χ0v) is 13.6. The molecule has 2 atom stereocenters. The summed E-state index contributed by atoms with van der Waals surface area (Å²) in [5.74, 6) is 1.63. The van der Waals surface area contributed by atoms with E-state index in [2.05, 4.69) is 24.0 Å². The monoisotopic (exact) mass is 295 g/mol. The minimum atomic E-state index is -0.680. The Morgan fingerprint density at radius 1 is 1.43 bits per heavy atom. The molecule has 0 spiro atoms. The van der Waals surface area contributed by atoms with E-state index in [1.54, 1.807) is 0 Å². The van der Waals surface area contributed by atoms with Gasteiger partial charge < -0.3 is 15.0 Å². The van der Waals surface area contributed by atoms with Crippen LogP contribution in [0.5, 0.6) is 0 Å². The van der Waals surface area contributed by atoms with E-state index in [0.717, 1.165) is 31.6 Å². The third-order valence-corrected chi connectivity index (χ3v) is 4.37. The van der Waals surface area contributed by atoms with E-state index in [-0.39, 0.29) is 0 Å². The van der Waals surface area contributed by atoms with Gasteiger partial charge >= 0.3 is 0 Å². The summed E-state index contributed by atoms with van der Waals surface area (Å²) in [6, 6.07) is 0. The molecule has 2 rings (SSSR count). The molecule has 0 aliphatic heterocycles. The first-order chi connectivity index (χ1) is 10.1. The van der Waals surface area contributed by atoms with Crippen molar-refractivity contribution >= 4 is 0 Å². The van der Waals surface area contributed by atoms with Gasteiger partial charge in [0.1, 0.15) is 5.54 Å². The highest BCUT2D eigenvalue weighted by Crippen LogP contribution is 2.27. The van der Waals surface area contributed by atoms with Gasteiger partial charge in [-0.25, -0.2) is 0 Å². The largest absolute Gasteiger partial charge is 0.376 e. The summed E-state index contributed by atoms with van der Waals surface area (Å²) in [6.45, 7) is 6.71. The molecular formula is C16H29N3O2. The predicted octanol–water partition coefficient (Wildman–Crippen LogP) is 3.50. The standard InChI is InChI=1S/C16H29N3O2/c1-4-6-8-12(5-2)14-18-15(19-21-14)16(3,17)11-20-13-9-7-10-13/h12-13H,4-11,17H2,1-3H3. The lowest BCUT2D eigenvalue weighted by molar-refractivity contribution is -0.0222. The summed E-state index contributed by atoms with van der Waals surface area (Å²) >= 11 is 0. The molecule has 5 nitrogen and oxygen atoms in total. The molecule has 1 saturated carbocycles. The fraction of sp³-hybridized carbons (Fsp3) is 0.875. The van der Waals surface area contributed by atoms with Crippen LogP contribution >= 0.6 is 0 Å². The molecular weight excluding hydrogens is 266 g/mol. The van der Waals surface area contributed by atoms with Crippen LogP contribution in [-0.2, 0) is 10.3 Å². The fourth-order valence-corrected chi connectivity index (χ4v) is 2.48. The van der Waals surface area contributed by atoms with Gasteiger partial charge in [-0.15, -0.1) is 0 Å². The van der Waals surface area contributed by atoms with Gasteiger partial charge in [-0.2, -0.15) is 4.98 Å². The number of rotatable bonds is 9. The van der Waals surface area contributed by atoms with Crippen molar-refractivity contribution in [2.75, 3.05) is 6.61 Å². The van der Waals surface area contributed by atoms with Crippen molar-refractivity contribution in [3.05, 3.63) is 11.7 Å². The van der Waals surface area contributed by atoms with Crippen molar-refractivity contribution in [1.82, 2.24) is 10.1 Å². The van der Waals surface area contributed by atoms with Gasteiger partial charge in [0, 0.05) is 5.92 Å². The van der Waals surface area contributed by atoms with E-state index in [1.807, 2.05) is 6.92 Å². The molecule has 120 valence electrons. The molecule has 0 amide bonds. The highest BCUT2D eigenvalue weighted by Gasteiger charge is 2.31. The molecule has 1 fully saturated rings.